The summed E-state index contributed by atoms with van der Waals surface area (Å²) in [6.07, 6.45) is 3.53. The first-order valence-corrected chi connectivity index (χ1v) is 6.67. The molecule has 0 saturated carbocycles. The standard InChI is InChI=1S/C13H16ClN3O2/c1-9(13(19)17-6-2-3-7-17)16-12(18)10-4-5-15-11(14)8-10/h4-5,8-9H,2-3,6-7H2,1H3,(H,16,18). The van der Waals surface area contributed by atoms with Crippen LogP contribution < -0.4 is 5.32 Å². The molecule has 0 aromatic carbocycles. The Bertz CT molecular complexity index is 487. The lowest BCUT2D eigenvalue weighted by molar-refractivity contribution is -0.131. The molecule has 2 rings (SSSR count). The van der Waals surface area contributed by atoms with Gasteiger partial charge < -0.3 is 10.2 Å². The molecule has 102 valence electrons. The topological polar surface area (TPSA) is 62.3 Å². The number of aromatic nitrogens is 1. The van der Waals surface area contributed by atoms with Crippen molar-refractivity contribution in [2.45, 2.75) is 25.8 Å². The lowest BCUT2D eigenvalue weighted by Gasteiger charge is -2.21. The second-order valence-electron chi connectivity index (χ2n) is 4.59. The van der Waals surface area contributed by atoms with Crippen molar-refractivity contribution in [1.82, 2.24) is 15.2 Å². The monoisotopic (exact) mass is 281 g/mol. The van der Waals surface area contributed by atoms with Gasteiger partial charge >= 0.3 is 0 Å². The van der Waals surface area contributed by atoms with Crippen LogP contribution in [-0.2, 0) is 4.79 Å². The fourth-order valence-electron chi connectivity index (χ4n) is 2.10. The third kappa shape index (κ3) is 3.44. The van der Waals surface area contributed by atoms with E-state index in [1.54, 1.807) is 17.9 Å². The maximum atomic E-state index is 12.1. The molecule has 1 aliphatic heterocycles. The minimum absolute atomic E-state index is 0.0361. The first kappa shape index (κ1) is 13.8. The van der Waals surface area contributed by atoms with Crippen molar-refractivity contribution < 1.29 is 9.59 Å². The lowest BCUT2D eigenvalue weighted by Crippen LogP contribution is -2.45. The fraction of sp³-hybridized carbons (Fsp3) is 0.462. The highest BCUT2D eigenvalue weighted by Crippen LogP contribution is 2.10. The van der Waals surface area contributed by atoms with E-state index in [2.05, 4.69) is 10.3 Å². The summed E-state index contributed by atoms with van der Waals surface area (Å²) in [6, 6.07) is 2.51. The number of carbonyl (C=O) groups is 2. The van der Waals surface area contributed by atoms with Gasteiger partial charge in [-0.15, -0.1) is 0 Å². The van der Waals surface area contributed by atoms with Gasteiger partial charge in [0.1, 0.15) is 11.2 Å². The van der Waals surface area contributed by atoms with Crippen LogP contribution in [0.2, 0.25) is 5.15 Å². The summed E-state index contributed by atoms with van der Waals surface area (Å²) in [5.41, 5.74) is 0.404. The number of rotatable bonds is 3. The van der Waals surface area contributed by atoms with Gasteiger partial charge in [-0.2, -0.15) is 0 Å². The molecule has 1 saturated heterocycles. The molecule has 1 N–H and O–H groups in total. The lowest BCUT2D eigenvalue weighted by atomic mass is 10.2. The van der Waals surface area contributed by atoms with Crippen LogP contribution in [0.3, 0.4) is 0 Å². The largest absolute Gasteiger partial charge is 0.341 e. The minimum Gasteiger partial charge on any atom is -0.341 e. The molecule has 6 heteroatoms. The van der Waals surface area contributed by atoms with Gasteiger partial charge in [0.2, 0.25) is 5.91 Å². The molecular formula is C13H16ClN3O2. The van der Waals surface area contributed by atoms with E-state index >= 15 is 0 Å². The van der Waals surface area contributed by atoms with E-state index in [1.165, 1.54) is 12.3 Å². The van der Waals surface area contributed by atoms with Crippen LogP contribution in [0, 0.1) is 0 Å². The average Bonchev–Trinajstić information content (AvgIpc) is 2.91. The zero-order chi connectivity index (χ0) is 13.8. The first-order valence-electron chi connectivity index (χ1n) is 6.29. The number of nitrogens with zero attached hydrogens (tertiary/aromatic N) is 2. The van der Waals surface area contributed by atoms with Crippen LogP contribution in [0.4, 0.5) is 0 Å². The van der Waals surface area contributed by atoms with Gasteiger partial charge in [-0.3, -0.25) is 9.59 Å². The number of carbonyl (C=O) groups excluding carboxylic acids is 2. The second kappa shape index (κ2) is 6.02. The van der Waals surface area contributed by atoms with Crippen molar-refractivity contribution >= 4 is 23.4 Å². The van der Waals surface area contributed by atoms with Crippen molar-refractivity contribution in [1.29, 1.82) is 0 Å². The summed E-state index contributed by atoms with van der Waals surface area (Å²) in [6.45, 7) is 3.25. The molecule has 0 aliphatic carbocycles. The Hall–Kier alpha value is -1.62. The van der Waals surface area contributed by atoms with E-state index in [-0.39, 0.29) is 17.0 Å². The number of hydrogen-bond donors (Lipinski definition) is 1. The SMILES string of the molecule is CC(NC(=O)c1ccnc(Cl)c1)C(=O)N1CCCC1. The number of pyridine rings is 1. The Balaban J connectivity index is 1.96. The smallest absolute Gasteiger partial charge is 0.252 e. The van der Waals surface area contributed by atoms with Gasteiger partial charge in [0.25, 0.3) is 5.91 Å². The summed E-state index contributed by atoms with van der Waals surface area (Å²) < 4.78 is 0. The van der Waals surface area contributed by atoms with Crippen LogP contribution >= 0.6 is 11.6 Å². The minimum atomic E-state index is -0.530. The van der Waals surface area contributed by atoms with E-state index in [9.17, 15) is 9.59 Å². The van der Waals surface area contributed by atoms with Gasteiger partial charge in [-0.25, -0.2) is 4.98 Å². The maximum absolute atomic E-state index is 12.1. The highest BCUT2D eigenvalue weighted by atomic mass is 35.5. The van der Waals surface area contributed by atoms with Crippen molar-refractivity contribution in [2.24, 2.45) is 0 Å². The van der Waals surface area contributed by atoms with E-state index in [4.69, 9.17) is 11.6 Å². The summed E-state index contributed by atoms with van der Waals surface area (Å²) in [7, 11) is 0. The average molecular weight is 282 g/mol. The highest BCUT2D eigenvalue weighted by Gasteiger charge is 2.24. The fourth-order valence-corrected chi connectivity index (χ4v) is 2.27. The zero-order valence-corrected chi connectivity index (χ0v) is 11.5. The molecule has 0 spiro atoms. The Kier molecular flexibility index (Phi) is 4.37. The normalized spacial score (nSPS) is 16.2. The van der Waals surface area contributed by atoms with E-state index in [0.717, 1.165) is 25.9 Å². The number of halogens is 1. The first-order chi connectivity index (χ1) is 9.08. The van der Waals surface area contributed by atoms with Gasteiger partial charge in [0.05, 0.1) is 0 Å². The molecule has 2 heterocycles. The highest BCUT2D eigenvalue weighted by molar-refractivity contribution is 6.29. The predicted molar refractivity (Wildman–Crippen MR) is 72.0 cm³/mol. The Labute approximate surface area is 117 Å². The molecule has 0 radical (unpaired) electrons. The molecule has 2 amide bonds. The zero-order valence-electron chi connectivity index (χ0n) is 10.7. The van der Waals surface area contributed by atoms with Gasteiger partial charge in [-0.05, 0) is 31.9 Å². The third-order valence-corrected chi connectivity index (χ3v) is 3.33. The van der Waals surface area contributed by atoms with Gasteiger partial charge in [0, 0.05) is 24.8 Å². The van der Waals surface area contributed by atoms with Gasteiger partial charge in [-0.1, -0.05) is 11.6 Å². The number of hydrogen-bond acceptors (Lipinski definition) is 3. The van der Waals surface area contributed by atoms with Gasteiger partial charge in [0.15, 0.2) is 0 Å². The van der Waals surface area contributed by atoms with Crippen molar-refractivity contribution in [3.63, 3.8) is 0 Å². The van der Waals surface area contributed by atoms with Crippen LogP contribution in [0.1, 0.15) is 30.1 Å². The Morgan fingerprint density at radius 3 is 2.74 bits per heavy atom. The Morgan fingerprint density at radius 2 is 2.11 bits per heavy atom. The molecule has 1 aliphatic rings. The van der Waals surface area contributed by atoms with E-state index < -0.39 is 6.04 Å². The second-order valence-corrected chi connectivity index (χ2v) is 4.98. The quantitative estimate of drug-likeness (QED) is 0.854. The summed E-state index contributed by atoms with van der Waals surface area (Å²) in [5.74, 6) is -0.352. The number of amides is 2. The molecule has 1 fully saturated rings. The molecule has 19 heavy (non-hydrogen) atoms. The van der Waals surface area contributed by atoms with Crippen molar-refractivity contribution in [3.05, 3.63) is 29.0 Å². The number of nitrogens with one attached hydrogen (secondary N) is 1. The van der Waals surface area contributed by atoms with Crippen molar-refractivity contribution in [2.75, 3.05) is 13.1 Å². The van der Waals surface area contributed by atoms with Crippen molar-refractivity contribution in [3.8, 4) is 0 Å². The molecule has 5 nitrogen and oxygen atoms in total. The predicted octanol–water partition coefficient (Wildman–Crippen LogP) is 1.48. The van der Waals surface area contributed by atoms with Crippen LogP contribution in [0.15, 0.2) is 18.3 Å². The summed E-state index contributed by atoms with van der Waals surface area (Å²) >= 11 is 5.73. The molecule has 1 aromatic rings. The molecule has 1 unspecified atom stereocenters. The molecule has 1 atom stereocenters. The molecule has 1 aromatic heterocycles. The number of likely N-dealkylation sites (tertiary alicyclic amines) is 1. The molecule has 0 bridgehead atoms. The van der Waals surface area contributed by atoms with Crippen LogP contribution in [0.5, 0.6) is 0 Å². The van der Waals surface area contributed by atoms with E-state index in [1.807, 2.05) is 0 Å². The van der Waals surface area contributed by atoms with Crippen LogP contribution in [0.25, 0.3) is 0 Å². The maximum Gasteiger partial charge on any atom is 0.252 e. The van der Waals surface area contributed by atoms with Crippen LogP contribution in [-0.4, -0.2) is 40.8 Å². The third-order valence-electron chi connectivity index (χ3n) is 3.12. The Morgan fingerprint density at radius 1 is 1.42 bits per heavy atom. The summed E-state index contributed by atoms with van der Waals surface area (Å²) in [4.78, 5) is 29.6. The summed E-state index contributed by atoms with van der Waals surface area (Å²) in [5, 5.41) is 2.94. The van der Waals surface area contributed by atoms with E-state index in [0.29, 0.717) is 5.56 Å². The molecular weight excluding hydrogens is 266 g/mol.